The summed E-state index contributed by atoms with van der Waals surface area (Å²) in [6.07, 6.45) is 3.12. The zero-order valence-corrected chi connectivity index (χ0v) is 17.6. The number of rotatable bonds is 2. The number of ether oxygens (including phenoxy) is 1. The molecule has 0 bridgehead atoms. The standard InChI is InChI=1S/C23H25FN4O2/c1-15-21-19(16-9-11-25-12-10-16)20(17-5-7-18(24)8-6-17)26-28(21)14-13-27(15)22(29)30-23(2,3)4/h5-12,15H,13-14H2,1-4H3/t15-/m1/s1. The minimum Gasteiger partial charge on any atom is -0.444 e. The van der Waals surface area contributed by atoms with Gasteiger partial charge in [0.2, 0.25) is 0 Å². The van der Waals surface area contributed by atoms with Gasteiger partial charge in [0.15, 0.2) is 0 Å². The molecule has 0 radical (unpaired) electrons. The van der Waals surface area contributed by atoms with Gasteiger partial charge in [-0.15, -0.1) is 0 Å². The largest absolute Gasteiger partial charge is 0.444 e. The summed E-state index contributed by atoms with van der Waals surface area (Å²) in [7, 11) is 0. The molecule has 30 heavy (non-hydrogen) atoms. The molecular formula is C23H25FN4O2. The molecule has 1 aromatic carbocycles. The lowest BCUT2D eigenvalue weighted by atomic mass is 9.96. The molecule has 156 valence electrons. The predicted octanol–water partition coefficient (Wildman–Crippen LogP) is 5.06. The van der Waals surface area contributed by atoms with Gasteiger partial charge in [-0.3, -0.25) is 14.6 Å². The Morgan fingerprint density at radius 3 is 2.37 bits per heavy atom. The van der Waals surface area contributed by atoms with Crippen LogP contribution in [0.15, 0.2) is 48.8 Å². The number of carbonyl (C=O) groups excluding carboxylic acids is 1. The van der Waals surface area contributed by atoms with Crippen molar-refractivity contribution in [2.75, 3.05) is 6.54 Å². The molecule has 7 heteroatoms. The average Bonchev–Trinajstić information content (AvgIpc) is 3.08. The van der Waals surface area contributed by atoms with E-state index in [4.69, 9.17) is 9.84 Å². The van der Waals surface area contributed by atoms with Gasteiger partial charge in [0.25, 0.3) is 0 Å². The first-order valence-corrected chi connectivity index (χ1v) is 10.0. The molecule has 0 saturated carbocycles. The van der Waals surface area contributed by atoms with Crippen LogP contribution in [0, 0.1) is 5.82 Å². The molecule has 4 rings (SSSR count). The molecule has 0 unspecified atom stereocenters. The van der Waals surface area contributed by atoms with Crippen molar-refractivity contribution in [1.82, 2.24) is 19.7 Å². The van der Waals surface area contributed by atoms with E-state index in [2.05, 4.69) is 4.98 Å². The van der Waals surface area contributed by atoms with Gasteiger partial charge in [-0.1, -0.05) is 0 Å². The maximum atomic E-state index is 13.5. The number of benzene rings is 1. The summed E-state index contributed by atoms with van der Waals surface area (Å²) < 4.78 is 21.1. The normalized spacial score (nSPS) is 16.3. The molecule has 0 spiro atoms. The third-order valence-corrected chi connectivity index (χ3v) is 5.12. The molecule has 1 atom stereocenters. The molecule has 3 aromatic rings. The van der Waals surface area contributed by atoms with Crippen molar-refractivity contribution >= 4 is 6.09 Å². The third kappa shape index (κ3) is 3.79. The van der Waals surface area contributed by atoms with Crippen molar-refractivity contribution in [2.45, 2.75) is 45.9 Å². The fraction of sp³-hybridized carbons (Fsp3) is 0.348. The summed E-state index contributed by atoms with van der Waals surface area (Å²) >= 11 is 0. The van der Waals surface area contributed by atoms with Crippen molar-refractivity contribution < 1.29 is 13.9 Å². The van der Waals surface area contributed by atoms with Gasteiger partial charge in [-0.25, -0.2) is 9.18 Å². The minimum absolute atomic E-state index is 0.238. The van der Waals surface area contributed by atoms with Gasteiger partial charge in [0, 0.05) is 30.1 Å². The van der Waals surface area contributed by atoms with Gasteiger partial charge in [0.1, 0.15) is 17.1 Å². The fourth-order valence-electron chi connectivity index (χ4n) is 3.80. The molecule has 3 heterocycles. The highest BCUT2D eigenvalue weighted by molar-refractivity contribution is 5.83. The number of nitrogens with zero attached hydrogens (tertiary/aromatic N) is 4. The van der Waals surface area contributed by atoms with Crippen molar-refractivity contribution in [3.8, 4) is 22.4 Å². The van der Waals surface area contributed by atoms with E-state index in [1.54, 1.807) is 29.4 Å². The molecular weight excluding hydrogens is 383 g/mol. The number of aromatic nitrogens is 3. The molecule has 6 nitrogen and oxygen atoms in total. The Kier molecular flexibility index (Phi) is 5.05. The number of hydrogen-bond acceptors (Lipinski definition) is 4. The number of hydrogen-bond donors (Lipinski definition) is 0. The van der Waals surface area contributed by atoms with Crippen molar-refractivity contribution in [1.29, 1.82) is 0 Å². The van der Waals surface area contributed by atoms with Crippen molar-refractivity contribution in [2.24, 2.45) is 0 Å². The Morgan fingerprint density at radius 2 is 1.73 bits per heavy atom. The first-order chi connectivity index (χ1) is 14.2. The van der Waals surface area contributed by atoms with E-state index in [1.165, 1.54) is 12.1 Å². The third-order valence-electron chi connectivity index (χ3n) is 5.12. The molecule has 0 saturated heterocycles. The first-order valence-electron chi connectivity index (χ1n) is 10.0. The second kappa shape index (κ2) is 7.55. The van der Waals surface area contributed by atoms with E-state index in [0.717, 1.165) is 28.1 Å². The van der Waals surface area contributed by atoms with E-state index in [-0.39, 0.29) is 18.0 Å². The fourth-order valence-corrected chi connectivity index (χ4v) is 3.80. The smallest absolute Gasteiger partial charge is 0.410 e. The summed E-state index contributed by atoms with van der Waals surface area (Å²) in [4.78, 5) is 18.7. The van der Waals surface area contributed by atoms with Crippen LogP contribution in [-0.2, 0) is 11.3 Å². The quantitative estimate of drug-likeness (QED) is 0.594. The predicted molar refractivity (Wildman–Crippen MR) is 112 cm³/mol. The summed E-state index contributed by atoms with van der Waals surface area (Å²) in [6, 6.07) is 9.92. The van der Waals surface area contributed by atoms with Crippen LogP contribution >= 0.6 is 0 Å². The van der Waals surface area contributed by atoms with Gasteiger partial charge >= 0.3 is 6.09 Å². The maximum absolute atomic E-state index is 13.5. The molecule has 0 fully saturated rings. The molecule has 0 aliphatic carbocycles. The lowest BCUT2D eigenvalue weighted by Gasteiger charge is -2.35. The summed E-state index contributed by atoms with van der Waals surface area (Å²) in [5, 5.41) is 4.84. The summed E-state index contributed by atoms with van der Waals surface area (Å²) in [5.41, 5.74) is 3.81. The SMILES string of the molecule is C[C@@H]1c2c(-c3ccncc3)c(-c3ccc(F)cc3)nn2CCN1C(=O)OC(C)(C)C. The molecule has 2 aromatic heterocycles. The number of fused-ring (bicyclic) bond motifs is 1. The van der Waals surface area contributed by atoms with Crippen LogP contribution in [0.25, 0.3) is 22.4 Å². The zero-order chi connectivity index (χ0) is 21.5. The topological polar surface area (TPSA) is 60.2 Å². The molecule has 1 aliphatic heterocycles. The van der Waals surface area contributed by atoms with Crippen LogP contribution in [0.5, 0.6) is 0 Å². The van der Waals surface area contributed by atoms with Gasteiger partial charge in [-0.2, -0.15) is 5.10 Å². The Morgan fingerprint density at radius 1 is 1.07 bits per heavy atom. The Balaban J connectivity index is 1.83. The van der Waals surface area contributed by atoms with E-state index in [9.17, 15) is 9.18 Å². The molecule has 0 N–H and O–H groups in total. The van der Waals surface area contributed by atoms with E-state index >= 15 is 0 Å². The lowest BCUT2D eigenvalue weighted by molar-refractivity contribution is 0.0121. The van der Waals surface area contributed by atoms with Crippen LogP contribution in [0.3, 0.4) is 0 Å². The van der Waals surface area contributed by atoms with Gasteiger partial charge < -0.3 is 4.74 Å². The number of amides is 1. The molecule has 1 amide bonds. The van der Waals surface area contributed by atoms with Crippen LogP contribution in [0.4, 0.5) is 9.18 Å². The number of pyridine rings is 1. The van der Waals surface area contributed by atoms with Crippen LogP contribution in [0.1, 0.15) is 39.4 Å². The average molecular weight is 408 g/mol. The Labute approximate surface area is 175 Å². The van der Waals surface area contributed by atoms with Crippen LogP contribution in [0.2, 0.25) is 0 Å². The highest BCUT2D eigenvalue weighted by Gasteiger charge is 2.35. The van der Waals surface area contributed by atoms with Crippen LogP contribution < -0.4 is 0 Å². The first kappa shape index (κ1) is 20.1. The zero-order valence-electron chi connectivity index (χ0n) is 17.6. The Bertz CT molecular complexity index is 1060. The highest BCUT2D eigenvalue weighted by atomic mass is 19.1. The summed E-state index contributed by atoms with van der Waals surface area (Å²) in [5.74, 6) is -0.294. The lowest BCUT2D eigenvalue weighted by Crippen LogP contribution is -2.43. The van der Waals surface area contributed by atoms with Gasteiger partial charge in [-0.05, 0) is 69.7 Å². The maximum Gasteiger partial charge on any atom is 0.410 e. The van der Waals surface area contributed by atoms with Gasteiger partial charge in [0.05, 0.1) is 18.3 Å². The monoisotopic (exact) mass is 408 g/mol. The van der Waals surface area contributed by atoms with E-state index in [0.29, 0.717) is 13.1 Å². The van der Waals surface area contributed by atoms with E-state index < -0.39 is 5.60 Å². The second-order valence-electron chi connectivity index (χ2n) is 8.42. The van der Waals surface area contributed by atoms with Crippen molar-refractivity contribution in [3.63, 3.8) is 0 Å². The Hall–Kier alpha value is -3.22. The number of carbonyl (C=O) groups is 1. The second-order valence-corrected chi connectivity index (χ2v) is 8.42. The highest BCUT2D eigenvalue weighted by Crippen LogP contribution is 2.40. The number of halogens is 1. The van der Waals surface area contributed by atoms with E-state index in [1.807, 2.05) is 44.5 Å². The molecule has 1 aliphatic rings. The van der Waals surface area contributed by atoms with Crippen LogP contribution in [-0.4, -0.2) is 37.9 Å². The summed E-state index contributed by atoms with van der Waals surface area (Å²) in [6.45, 7) is 8.62. The minimum atomic E-state index is -0.568. The van der Waals surface area contributed by atoms with Crippen molar-refractivity contribution in [3.05, 3.63) is 60.3 Å².